The topological polar surface area (TPSA) is 81.4 Å². The van der Waals surface area contributed by atoms with Crippen molar-refractivity contribution in [2.45, 2.75) is 38.1 Å². The Morgan fingerprint density at radius 3 is 2.79 bits per heavy atom. The Morgan fingerprint density at radius 1 is 1.33 bits per heavy atom. The van der Waals surface area contributed by atoms with Gasteiger partial charge < -0.3 is 14.5 Å². The molecule has 1 aromatic carbocycles. The highest BCUT2D eigenvalue weighted by atomic mass is 16.5. The molecule has 1 aliphatic rings. The fourth-order valence-electron chi connectivity index (χ4n) is 3.01. The van der Waals surface area contributed by atoms with E-state index in [1.165, 1.54) is 12.2 Å². The molecule has 1 fully saturated rings. The molecule has 0 radical (unpaired) electrons. The summed E-state index contributed by atoms with van der Waals surface area (Å²) in [5.41, 5.74) is 0.492. The molecule has 1 saturated carbocycles. The average Bonchev–Trinajstić information content (AvgIpc) is 3.20. The van der Waals surface area contributed by atoms with Crippen LogP contribution in [0.2, 0.25) is 0 Å². The van der Waals surface area contributed by atoms with E-state index < -0.39 is 5.54 Å². The number of nitrogens with one attached hydrogen (secondary N) is 1. The lowest BCUT2D eigenvalue weighted by Gasteiger charge is -2.27. The molecule has 1 aliphatic carbocycles. The average molecular weight is 328 g/mol. The number of aromatic nitrogens is 1. The summed E-state index contributed by atoms with van der Waals surface area (Å²) in [6.45, 7) is 2.06. The van der Waals surface area contributed by atoms with Crippen LogP contribution in [0.5, 0.6) is 0 Å². The van der Waals surface area contributed by atoms with Gasteiger partial charge in [0.15, 0.2) is 5.58 Å². The fourth-order valence-corrected chi connectivity index (χ4v) is 3.01. The van der Waals surface area contributed by atoms with Gasteiger partial charge in [0.05, 0.1) is 6.61 Å². The van der Waals surface area contributed by atoms with Crippen LogP contribution in [-0.4, -0.2) is 29.0 Å². The van der Waals surface area contributed by atoms with Gasteiger partial charge >= 0.3 is 5.97 Å². The Morgan fingerprint density at radius 2 is 2.08 bits per heavy atom. The van der Waals surface area contributed by atoms with Gasteiger partial charge in [-0.15, -0.1) is 0 Å². The lowest BCUT2D eigenvalue weighted by molar-refractivity contribution is -0.152. The van der Waals surface area contributed by atoms with Crippen LogP contribution in [0.4, 0.5) is 0 Å². The molecule has 6 nitrogen and oxygen atoms in total. The monoisotopic (exact) mass is 328 g/mol. The van der Waals surface area contributed by atoms with Gasteiger partial charge in [-0.25, -0.2) is 9.78 Å². The second kappa shape index (κ2) is 6.86. The third kappa shape index (κ3) is 3.32. The van der Waals surface area contributed by atoms with Crippen LogP contribution in [-0.2, 0) is 14.3 Å². The molecule has 126 valence electrons. The summed E-state index contributed by atoms with van der Waals surface area (Å²) in [6.07, 6.45) is 5.84. The molecule has 1 aromatic heterocycles. The number of ether oxygens (including phenoxy) is 1. The minimum atomic E-state index is -0.904. The van der Waals surface area contributed by atoms with E-state index in [0.717, 1.165) is 18.4 Å². The summed E-state index contributed by atoms with van der Waals surface area (Å²) in [6, 6.07) is 7.38. The van der Waals surface area contributed by atoms with Crippen molar-refractivity contribution >= 4 is 29.1 Å². The SMILES string of the molecule is CCOC(=O)C1(NC(=O)/C=C/c2nc3ccccc3o2)CCCC1. The summed E-state index contributed by atoms with van der Waals surface area (Å²) in [7, 11) is 0. The highest BCUT2D eigenvalue weighted by Crippen LogP contribution is 2.31. The maximum Gasteiger partial charge on any atom is 0.331 e. The minimum Gasteiger partial charge on any atom is -0.464 e. The predicted molar refractivity (Wildman–Crippen MR) is 89.0 cm³/mol. The van der Waals surface area contributed by atoms with Crippen LogP contribution in [0.3, 0.4) is 0 Å². The largest absolute Gasteiger partial charge is 0.464 e. The number of hydrogen-bond acceptors (Lipinski definition) is 5. The summed E-state index contributed by atoms with van der Waals surface area (Å²) in [5, 5.41) is 2.81. The van der Waals surface area contributed by atoms with Gasteiger partial charge in [-0.1, -0.05) is 25.0 Å². The summed E-state index contributed by atoms with van der Waals surface area (Å²) in [4.78, 5) is 28.7. The normalized spacial score (nSPS) is 16.5. The predicted octanol–water partition coefficient (Wildman–Crippen LogP) is 2.83. The van der Waals surface area contributed by atoms with Crippen molar-refractivity contribution in [3.05, 3.63) is 36.2 Å². The van der Waals surface area contributed by atoms with Crippen molar-refractivity contribution in [1.29, 1.82) is 0 Å². The van der Waals surface area contributed by atoms with Crippen LogP contribution in [0.25, 0.3) is 17.2 Å². The molecule has 0 atom stereocenters. The lowest BCUT2D eigenvalue weighted by atomic mass is 9.97. The van der Waals surface area contributed by atoms with E-state index in [9.17, 15) is 9.59 Å². The highest BCUT2D eigenvalue weighted by Gasteiger charge is 2.43. The molecular weight excluding hydrogens is 308 g/mol. The Kier molecular flexibility index (Phi) is 4.64. The van der Waals surface area contributed by atoms with Gasteiger partial charge in [-0.2, -0.15) is 0 Å². The van der Waals surface area contributed by atoms with Gasteiger partial charge in [0, 0.05) is 12.2 Å². The first kappa shape index (κ1) is 16.2. The van der Waals surface area contributed by atoms with E-state index in [1.54, 1.807) is 6.92 Å². The van der Waals surface area contributed by atoms with Crippen LogP contribution in [0.15, 0.2) is 34.8 Å². The summed E-state index contributed by atoms with van der Waals surface area (Å²) in [5.74, 6) is -0.360. The molecule has 0 aliphatic heterocycles. The molecule has 0 saturated heterocycles. The van der Waals surface area contributed by atoms with E-state index in [2.05, 4.69) is 10.3 Å². The molecule has 0 bridgehead atoms. The zero-order valence-corrected chi connectivity index (χ0v) is 13.6. The third-order valence-corrected chi connectivity index (χ3v) is 4.17. The zero-order chi connectivity index (χ0) is 17.0. The zero-order valence-electron chi connectivity index (χ0n) is 13.6. The maximum absolute atomic E-state index is 12.2. The number of benzene rings is 1. The molecule has 24 heavy (non-hydrogen) atoms. The van der Waals surface area contributed by atoms with Crippen LogP contribution in [0.1, 0.15) is 38.5 Å². The highest BCUT2D eigenvalue weighted by molar-refractivity contribution is 5.96. The van der Waals surface area contributed by atoms with Crippen molar-refractivity contribution in [2.75, 3.05) is 6.61 Å². The van der Waals surface area contributed by atoms with Crippen LogP contribution >= 0.6 is 0 Å². The van der Waals surface area contributed by atoms with E-state index >= 15 is 0 Å². The van der Waals surface area contributed by atoms with Gasteiger partial charge in [-0.05, 0) is 31.9 Å². The molecule has 0 spiro atoms. The molecule has 6 heteroatoms. The van der Waals surface area contributed by atoms with Crippen LogP contribution < -0.4 is 5.32 Å². The standard InChI is InChI=1S/C18H20N2O4/c1-2-23-17(22)18(11-5-6-12-18)20-15(21)9-10-16-19-13-7-3-4-8-14(13)24-16/h3-4,7-10H,2,5-6,11-12H2,1H3,(H,20,21)/b10-9+. The summed E-state index contributed by atoms with van der Waals surface area (Å²) < 4.78 is 10.7. The first-order valence-corrected chi connectivity index (χ1v) is 8.16. The van der Waals surface area contributed by atoms with Crippen molar-refractivity contribution < 1.29 is 18.7 Å². The molecule has 1 N–H and O–H groups in total. The van der Waals surface area contributed by atoms with E-state index in [4.69, 9.17) is 9.15 Å². The number of oxazole rings is 1. The van der Waals surface area contributed by atoms with Gasteiger partial charge in [-0.3, -0.25) is 4.79 Å². The van der Waals surface area contributed by atoms with E-state index in [-0.39, 0.29) is 11.9 Å². The number of esters is 1. The quantitative estimate of drug-likeness (QED) is 0.674. The number of carbonyl (C=O) groups is 2. The third-order valence-electron chi connectivity index (χ3n) is 4.17. The first-order chi connectivity index (χ1) is 11.6. The molecule has 2 aromatic rings. The number of para-hydroxylation sites is 2. The second-order valence-corrected chi connectivity index (χ2v) is 5.85. The molecule has 3 rings (SSSR count). The molecule has 0 unspecified atom stereocenters. The van der Waals surface area contributed by atoms with Crippen molar-refractivity contribution in [3.63, 3.8) is 0 Å². The number of nitrogens with zero attached hydrogens (tertiary/aromatic N) is 1. The van der Waals surface area contributed by atoms with Gasteiger partial charge in [0.25, 0.3) is 0 Å². The number of rotatable bonds is 5. The number of amides is 1. The first-order valence-electron chi connectivity index (χ1n) is 8.16. The maximum atomic E-state index is 12.2. The minimum absolute atomic E-state index is 0.301. The van der Waals surface area contributed by atoms with E-state index in [1.807, 2.05) is 24.3 Å². The number of hydrogen-bond donors (Lipinski definition) is 1. The molecule has 1 heterocycles. The Balaban J connectivity index is 1.70. The Bertz CT molecular complexity index is 739. The lowest BCUT2D eigenvalue weighted by Crippen LogP contribution is -2.52. The Hall–Kier alpha value is -2.63. The molecular formula is C18H20N2O4. The Labute approximate surface area is 139 Å². The van der Waals surface area contributed by atoms with Crippen molar-refractivity contribution in [1.82, 2.24) is 10.3 Å². The van der Waals surface area contributed by atoms with Crippen molar-refractivity contribution in [2.24, 2.45) is 0 Å². The smallest absolute Gasteiger partial charge is 0.331 e. The number of carbonyl (C=O) groups excluding carboxylic acids is 2. The fraction of sp³-hybridized carbons (Fsp3) is 0.389. The second-order valence-electron chi connectivity index (χ2n) is 5.85. The molecule has 1 amide bonds. The van der Waals surface area contributed by atoms with Gasteiger partial charge in [0.2, 0.25) is 11.8 Å². The summed E-state index contributed by atoms with van der Waals surface area (Å²) >= 11 is 0. The van der Waals surface area contributed by atoms with Crippen molar-refractivity contribution in [3.8, 4) is 0 Å². The van der Waals surface area contributed by atoms with Crippen LogP contribution in [0, 0.1) is 0 Å². The number of fused-ring (bicyclic) bond motifs is 1. The van der Waals surface area contributed by atoms with E-state index in [0.29, 0.717) is 30.9 Å². The van der Waals surface area contributed by atoms with Gasteiger partial charge in [0.1, 0.15) is 11.1 Å².